The van der Waals surface area contributed by atoms with Crippen molar-refractivity contribution < 1.29 is 27.1 Å². The van der Waals surface area contributed by atoms with Gasteiger partial charge in [0.25, 0.3) is 0 Å². The van der Waals surface area contributed by atoms with Gasteiger partial charge in [-0.25, -0.2) is 31.7 Å². The predicted octanol–water partition coefficient (Wildman–Crippen LogP) is 3.75. The van der Waals surface area contributed by atoms with Gasteiger partial charge in [0.15, 0.2) is 11.6 Å². The van der Waals surface area contributed by atoms with E-state index in [0.29, 0.717) is 47.8 Å². The number of carbonyl (C=O) groups is 1. The molecule has 0 spiro atoms. The summed E-state index contributed by atoms with van der Waals surface area (Å²) in [5.74, 6) is -2.09. The maximum Gasteiger partial charge on any atom is 0.407 e. The second-order valence-corrected chi connectivity index (χ2v) is 10.8. The third-order valence-electron chi connectivity index (χ3n) is 6.56. The molecule has 1 atom stereocenters. The third-order valence-corrected chi connectivity index (χ3v) is 7.96. The molecule has 0 radical (unpaired) electrons. The molecule has 2 aromatic heterocycles. The Morgan fingerprint density at radius 1 is 1.13 bits per heavy atom. The van der Waals surface area contributed by atoms with E-state index >= 15 is 0 Å². The van der Waals surface area contributed by atoms with E-state index in [0.717, 1.165) is 24.1 Å². The van der Waals surface area contributed by atoms with Crippen LogP contribution in [0.4, 0.5) is 19.4 Å². The topological polar surface area (TPSA) is 143 Å². The van der Waals surface area contributed by atoms with Crippen LogP contribution in [-0.2, 0) is 16.6 Å². The Labute approximate surface area is 216 Å². The number of fused-ring (bicyclic) bond motifs is 1. The molecule has 13 heteroatoms. The average molecular weight is 543 g/mol. The van der Waals surface area contributed by atoms with Gasteiger partial charge in [0.1, 0.15) is 11.5 Å². The summed E-state index contributed by atoms with van der Waals surface area (Å²) >= 11 is 0. The van der Waals surface area contributed by atoms with Gasteiger partial charge in [-0.05, 0) is 42.7 Å². The monoisotopic (exact) mass is 542 g/mol. The SMILES string of the molecule is Nc1nccc2c1c(-c1ccc(CNS(=O)(=O)c3ccc(F)c(F)c3)cc1)nn2[C@@H]1CCCN(C(=O)O)C1. The first-order valence-corrected chi connectivity index (χ1v) is 13.3. The number of piperidine rings is 1. The highest BCUT2D eigenvalue weighted by Gasteiger charge is 2.28. The molecule has 1 aliphatic heterocycles. The average Bonchev–Trinajstić information content (AvgIpc) is 3.30. The Bertz CT molecular complexity index is 1630. The zero-order valence-corrected chi connectivity index (χ0v) is 20.8. The number of likely N-dealkylation sites (tertiary alicyclic amines) is 1. The number of carboxylic acid groups (broad SMARTS) is 1. The summed E-state index contributed by atoms with van der Waals surface area (Å²) in [5, 5.41) is 14.9. The molecule has 1 aliphatic rings. The largest absolute Gasteiger partial charge is 0.465 e. The molecule has 198 valence electrons. The first-order valence-electron chi connectivity index (χ1n) is 11.8. The minimum absolute atomic E-state index is 0.0758. The molecular formula is C25H24F2N6O4S. The molecule has 4 aromatic rings. The predicted molar refractivity (Wildman–Crippen MR) is 136 cm³/mol. The Balaban J connectivity index is 1.40. The quantitative estimate of drug-likeness (QED) is 0.337. The highest BCUT2D eigenvalue weighted by Crippen LogP contribution is 2.34. The van der Waals surface area contributed by atoms with Gasteiger partial charge in [-0.2, -0.15) is 5.10 Å². The first kappa shape index (κ1) is 25.5. The van der Waals surface area contributed by atoms with Crippen LogP contribution in [0.15, 0.2) is 59.6 Å². The number of rotatable bonds is 6. The maximum atomic E-state index is 13.5. The summed E-state index contributed by atoms with van der Waals surface area (Å²) in [6.07, 6.45) is 2.09. The van der Waals surface area contributed by atoms with Crippen molar-refractivity contribution in [3.8, 4) is 11.3 Å². The van der Waals surface area contributed by atoms with Gasteiger partial charge in [-0.3, -0.25) is 4.68 Å². The number of pyridine rings is 1. The number of hydrogen-bond donors (Lipinski definition) is 3. The molecule has 10 nitrogen and oxygen atoms in total. The smallest absolute Gasteiger partial charge is 0.407 e. The van der Waals surface area contributed by atoms with Crippen molar-refractivity contribution in [3.05, 3.63) is 71.9 Å². The molecule has 0 saturated carbocycles. The number of amides is 1. The highest BCUT2D eigenvalue weighted by atomic mass is 32.2. The number of nitrogens with zero attached hydrogens (tertiary/aromatic N) is 4. The van der Waals surface area contributed by atoms with Crippen LogP contribution in [0, 0.1) is 11.6 Å². The molecular weight excluding hydrogens is 518 g/mol. The summed E-state index contributed by atoms with van der Waals surface area (Å²) in [6, 6.07) is 11.0. The van der Waals surface area contributed by atoms with Gasteiger partial charge in [0, 0.05) is 31.4 Å². The number of sulfonamides is 1. The summed E-state index contributed by atoms with van der Waals surface area (Å²) in [6.45, 7) is 0.710. The highest BCUT2D eigenvalue weighted by molar-refractivity contribution is 7.89. The first-order chi connectivity index (χ1) is 18.1. The second-order valence-electron chi connectivity index (χ2n) is 9.01. The summed E-state index contributed by atoms with van der Waals surface area (Å²) in [4.78, 5) is 16.7. The number of nitrogens with two attached hydrogens (primary N) is 1. The van der Waals surface area contributed by atoms with E-state index in [1.54, 1.807) is 36.5 Å². The van der Waals surface area contributed by atoms with Gasteiger partial charge in [-0.1, -0.05) is 24.3 Å². The van der Waals surface area contributed by atoms with E-state index in [4.69, 9.17) is 10.8 Å². The molecule has 2 aromatic carbocycles. The molecule has 0 aliphatic carbocycles. The zero-order chi connectivity index (χ0) is 27.0. The van der Waals surface area contributed by atoms with Crippen molar-refractivity contribution in [2.45, 2.75) is 30.3 Å². The van der Waals surface area contributed by atoms with E-state index in [-0.39, 0.29) is 23.3 Å². The maximum absolute atomic E-state index is 13.5. The minimum Gasteiger partial charge on any atom is -0.465 e. The number of nitrogen functional groups attached to an aromatic ring is 1. The molecule has 1 saturated heterocycles. The number of anilines is 1. The van der Waals surface area contributed by atoms with E-state index in [1.807, 2.05) is 4.68 Å². The summed E-state index contributed by atoms with van der Waals surface area (Å²) < 4.78 is 55.8. The zero-order valence-electron chi connectivity index (χ0n) is 20.0. The molecule has 1 fully saturated rings. The number of benzene rings is 2. The minimum atomic E-state index is -4.06. The van der Waals surface area contributed by atoms with Crippen LogP contribution in [0.1, 0.15) is 24.4 Å². The van der Waals surface area contributed by atoms with Crippen LogP contribution in [0.3, 0.4) is 0 Å². The normalized spacial score (nSPS) is 16.2. The van der Waals surface area contributed by atoms with Crippen molar-refractivity contribution in [3.63, 3.8) is 0 Å². The van der Waals surface area contributed by atoms with Crippen molar-refractivity contribution >= 4 is 32.8 Å². The molecule has 5 rings (SSSR count). The van der Waals surface area contributed by atoms with Crippen LogP contribution >= 0.6 is 0 Å². The summed E-state index contributed by atoms with van der Waals surface area (Å²) in [5.41, 5.74) is 8.88. The van der Waals surface area contributed by atoms with Crippen LogP contribution in [0.2, 0.25) is 0 Å². The lowest BCUT2D eigenvalue weighted by atomic mass is 10.1. The van der Waals surface area contributed by atoms with Gasteiger partial charge in [0.2, 0.25) is 10.0 Å². The van der Waals surface area contributed by atoms with Crippen molar-refractivity contribution in [1.29, 1.82) is 0 Å². The number of aromatic nitrogens is 3. The standard InChI is InChI=1S/C25H24F2N6O4S/c26-19-8-7-18(12-20(19)27)38(36,37)30-13-15-3-5-16(6-4-15)23-22-21(9-10-29-24(22)28)33(31-23)17-2-1-11-32(14-17)25(34)35/h3-10,12,17,30H,1-2,11,13-14H2,(H2,28,29)(H,34,35)/t17-/m1/s1. The van der Waals surface area contributed by atoms with Gasteiger partial charge in [0.05, 0.1) is 21.8 Å². The lowest BCUT2D eigenvalue weighted by Crippen LogP contribution is -2.40. The van der Waals surface area contributed by atoms with Crippen molar-refractivity contribution in [2.24, 2.45) is 0 Å². The molecule has 0 bridgehead atoms. The van der Waals surface area contributed by atoms with Crippen LogP contribution in [-0.4, -0.2) is 52.4 Å². The second kappa shape index (κ2) is 9.99. The molecule has 4 N–H and O–H groups in total. The Kier molecular flexibility index (Phi) is 6.71. The van der Waals surface area contributed by atoms with Crippen LogP contribution in [0.5, 0.6) is 0 Å². The Morgan fingerprint density at radius 3 is 2.61 bits per heavy atom. The van der Waals surface area contributed by atoms with E-state index < -0.39 is 27.8 Å². The molecule has 38 heavy (non-hydrogen) atoms. The third kappa shape index (κ3) is 4.89. The number of hydrogen-bond acceptors (Lipinski definition) is 6. The van der Waals surface area contributed by atoms with Crippen LogP contribution < -0.4 is 10.5 Å². The lowest BCUT2D eigenvalue weighted by molar-refractivity contribution is 0.120. The van der Waals surface area contributed by atoms with E-state index in [9.17, 15) is 27.1 Å². The van der Waals surface area contributed by atoms with E-state index in [1.165, 1.54) is 4.90 Å². The molecule has 1 amide bonds. The number of nitrogens with one attached hydrogen (secondary N) is 1. The Morgan fingerprint density at radius 2 is 1.89 bits per heavy atom. The fourth-order valence-corrected chi connectivity index (χ4v) is 5.64. The van der Waals surface area contributed by atoms with Gasteiger partial charge in [-0.15, -0.1) is 0 Å². The number of halogens is 2. The molecule has 0 unspecified atom stereocenters. The van der Waals surface area contributed by atoms with Crippen molar-refractivity contribution in [1.82, 2.24) is 24.4 Å². The van der Waals surface area contributed by atoms with Crippen LogP contribution in [0.25, 0.3) is 22.2 Å². The Hall–Kier alpha value is -4.10. The van der Waals surface area contributed by atoms with Gasteiger partial charge >= 0.3 is 6.09 Å². The molecule has 3 heterocycles. The van der Waals surface area contributed by atoms with Gasteiger partial charge < -0.3 is 15.7 Å². The fourth-order valence-electron chi connectivity index (χ4n) is 4.61. The fraction of sp³-hybridized carbons (Fsp3) is 0.240. The summed E-state index contributed by atoms with van der Waals surface area (Å²) in [7, 11) is -4.06. The van der Waals surface area contributed by atoms with E-state index in [2.05, 4.69) is 9.71 Å². The van der Waals surface area contributed by atoms with Crippen molar-refractivity contribution in [2.75, 3.05) is 18.8 Å². The lowest BCUT2D eigenvalue weighted by Gasteiger charge is -2.31.